The molecule has 3 aromatic rings. The fourth-order valence-corrected chi connectivity index (χ4v) is 2.73. The van der Waals surface area contributed by atoms with Crippen molar-refractivity contribution >= 4 is 40.5 Å². The Balaban J connectivity index is 0.00000385. The van der Waals surface area contributed by atoms with Gasteiger partial charge in [-0.3, -0.25) is 9.59 Å². The zero-order valence-electron chi connectivity index (χ0n) is 17.5. The zero-order chi connectivity index (χ0) is 22.9. The van der Waals surface area contributed by atoms with Crippen molar-refractivity contribution in [1.82, 2.24) is 9.97 Å². The number of rotatable bonds is 10. The molecule has 0 spiro atoms. The van der Waals surface area contributed by atoms with E-state index in [4.69, 9.17) is 9.84 Å². The summed E-state index contributed by atoms with van der Waals surface area (Å²) in [5.74, 6) is 0.722. The van der Waals surface area contributed by atoms with Gasteiger partial charge in [-0.1, -0.05) is 20.1 Å². The summed E-state index contributed by atoms with van der Waals surface area (Å²) in [6, 6.07) is 14.1. The van der Waals surface area contributed by atoms with E-state index in [2.05, 4.69) is 32.5 Å². The summed E-state index contributed by atoms with van der Waals surface area (Å²) in [4.78, 5) is 32.3. The van der Waals surface area contributed by atoms with Gasteiger partial charge in [0.25, 0.3) is 0 Å². The van der Waals surface area contributed by atoms with Gasteiger partial charge in [-0.2, -0.15) is 4.98 Å². The first-order valence-corrected chi connectivity index (χ1v) is 9.77. The standard InChI is InChI=1S/C23H23N5O4.CH4/c1-3-21(31)25-17-5-4-6-18(13-17)26-22-20(15(2)30)14-24-23(28-22)27-16-7-9-19(10-8-16)32-12-11-29;/h3-10,13-14,29H,1,11-12H2,2H3,(H,25,31)(H2,24,26,27,28);1H4. The fraction of sp³-hybridized carbons (Fsp3) is 0.167. The van der Waals surface area contributed by atoms with Gasteiger partial charge in [-0.05, 0) is 55.5 Å². The van der Waals surface area contributed by atoms with Crippen molar-refractivity contribution < 1.29 is 19.4 Å². The minimum Gasteiger partial charge on any atom is -0.491 e. The van der Waals surface area contributed by atoms with Crippen LogP contribution in [0.4, 0.5) is 28.8 Å². The fourth-order valence-electron chi connectivity index (χ4n) is 2.73. The number of hydrogen-bond donors (Lipinski definition) is 4. The average molecular weight is 450 g/mol. The molecule has 1 aromatic heterocycles. The van der Waals surface area contributed by atoms with E-state index in [9.17, 15) is 9.59 Å². The monoisotopic (exact) mass is 449 g/mol. The molecule has 0 aliphatic heterocycles. The number of aromatic nitrogens is 2. The number of aliphatic hydroxyl groups is 1. The topological polar surface area (TPSA) is 125 Å². The van der Waals surface area contributed by atoms with Crippen molar-refractivity contribution in [3.05, 3.63) is 72.9 Å². The third-order valence-electron chi connectivity index (χ3n) is 4.22. The SMILES string of the molecule is C.C=CC(=O)Nc1cccc(Nc2nc(Nc3ccc(OCCO)cc3)ncc2C(C)=O)c1. The number of hydrogen-bond acceptors (Lipinski definition) is 8. The Bertz CT molecular complexity index is 1120. The van der Waals surface area contributed by atoms with E-state index in [1.54, 1.807) is 48.5 Å². The molecule has 0 fully saturated rings. The van der Waals surface area contributed by atoms with Crippen LogP contribution >= 0.6 is 0 Å². The van der Waals surface area contributed by atoms with Crippen molar-refractivity contribution in [1.29, 1.82) is 0 Å². The molecule has 9 heteroatoms. The lowest BCUT2D eigenvalue weighted by Crippen LogP contribution is -2.09. The Hall–Kier alpha value is -4.24. The first-order valence-electron chi connectivity index (χ1n) is 9.77. The van der Waals surface area contributed by atoms with Crippen molar-refractivity contribution in [2.75, 3.05) is 29.2 Å². The van der Waals surface area contributed by atoms with Gasteiger partial charge in [0.15, 0.2) is 5.78 Å². The maximum Gasteiger partial charge on any atom is 0.247 e. The second kappa shape index (κ2) is 12.0. The molecule has 9 nitrogen and oxygen atoms in total. The second-order valence-electron chi connectivity index (χ2n) is 6.63. The van der Waals surface area contributed by atoms with Crippen LogP contribution in [0.5, 0.6) is 5.75 Å². The van der Waals surface area contributed by atoms with Crippen LogP contribution in [0.15, 0.2) is 67.4 Å². The zero-order valence-corrected chi connectivity index (χ0v) is 17.5. The summed E-state index contributed by atoms with van der Waals surface area (Å²) in [5, 5.41) is 17.7. The van der Waals surface area contributed by atoms with Crippen molar-refractivity contribution in [3.63, 3.8) is 0 Å². The molecule has 1 heterocycles. The molecule has 33 heavy (non-hydrogen) atoms. The van der Waals surface area contributed by atoms with Crippen LogP contribution < -0.4 is 20.7 Å². The lowest BCUT2D eigenvalue weighted by molar-refractivity contribution is -0.111. The number of amides is 1. The molecule has 0 aliphatic rings. The molecule has 4 N–H and O–H groups in total. The van der Waals surface area contributed by atoms with Gasteiger partial charge in [0.2, 0.25) is 11.9 Å². The summed E-state index contributed by atoms with van der Waals surface area (Å²) in [7, 11) is 0. The number of aliphatic hydroxyl groups excluding tert-OH is 1. The highest BCUT2D eigenvalue weighted by atomic mass is 16.5. The summed E-state index contributed by atoms with van der Waals surface area (Å²) in [6.07, 6.45) is 2.63. The van der Waals surface area contributed by atoms with Gasteiger partial charge in [0, 0.05) is 23.3 Å². The third-order valence-corrected chi connectivity index (χ3v) is 4.22. The smallest absolute Gasteiger partial charge is 0.247 e. The average Bonchev–Trinajstić information content (AvgIpc) is 2.79. The number of nitrogens with one attached hydrogen (secondary N) is 3. The molecule has 0 saturated carbocycles. The summed E-state index contributed by atoms with van der Waals surface area (Å²) >= 11 is 0. The van der Waals surface area contributed by atoms with Gasteiger partial charge < -0.3 is 25.8 Å². The van der Waals surface area contributed by atoms with Gasteiger partial charge in [0.1, 0.15) is 18.2 Å². The van der Waals surface area contributed by atoms with E-state index in [0.29, 0.717) is 28.5 Å². The molecule has 172 valence electrons. The third kappa shape index (κ3) is 7.15. The first-order chi connectivity index (χ1) is 15.5. The highest BCUT2D eigenvalue weighted by Gasteiger charge is 2.12. The van der Waals surface area contributed by atoms with Crippen LogP contribution in [-0.4, -0.2) is 40.0 Å². The molecule has 2 aromatic carbocycles. The Morgan fingerprint density at radius 3 is 2.48 bits per heavy atom. The highest BCUT2D eigenvalue weighted by Crippen LogP contribution is 2.24. The number of nitrogens with zero attached hydrogens (tertiary/aromatic N) is 2. The van der Waals surface area contributed by atoms with Crippen molar-refractivity contribution in [2.24, 2.45) is 0 Å². The van der Waals surface area contributed by atoms with Crippen LogP contribution in [0, 0.1) is 0 Å². The Morgan fingerprint density at radius 1 is 1.09 bits per heavy atom. The van der Waals surface area contributed by atoms with E-state index in [1.807, 2.05) is 0 Å². The number of anilines is 5. The molecule has 0 radical (unpaired) electrons. The Kier molecular flexibility index (Phi) is 9.07. The molecule has 0 saturated heterocycles. The number of benzene rings is 2. The normalized spacial score (nSPS) is 9.88. The van der Waals surface area contributed by atoms with Crippen LogP contribution in [0.1, 0.15) is 24.7 Å². The Morgan fingerprint density at radius 2 is 1.82 bits per heavy atom. The van der Waals surface area contributed by atoms with E-state index in [-0.39, 0.29) is 38.3 Å². The first kappa shape index (κ1) is 25.0. The number of Topliss-reactive ketones (excluding diaryl/α,β-unsaturated/α-hetero) is 1. The molecule has 1 amide bonds. The summed E-state index contributed by atoms with van der Waals surface area (Å²) < 4.78 is 5.34. The summed E-state index contributed by atoms with van der Waals surface area (Å²) in [6.45, 7) is 5.03. The molecular weight excluding hydrogens is 422 g/mol. The molecule has 0 unspecified atom stereocenters. The lowest BCUT2D eigenvalue weighted by atomic mass is 10.2. The number of carbonyl (C=O) groups is 2. The lowest BCUT2D eigenvalue weighted by Gasteiger charge is -2.13. The van der Waals surface area contributed by atoms with Crippen LogP contribution in [0.25, 0.3) is 0 Å². The van der Waals surface area contributed by atoms with E-state index in [0.717, 1.165) is 5.69 Å². The predicted molar refractivity (Wildman–Crippen MR) is 130 cm³/mol. The van der Waals surface area contributed by atoms with E-state index in [1.165, 1.54) is 19.2 Å². The van der Waals surface area contributed by atoms with Crippen molar-refractivity contribution in [3.8, 4) is 5.75 Å². The maximum atomic E-state index is 12.1. The molecule has 0 bridgehead atoms. The highest BCUT2D eigenvalue weighted by molar-refractivity contribution is 6.00. The van der Waals surface area contributed by atoms with Crippen LogP contribution in [-0.2, 0) is 4.79 Å². The maximum absolute atomic E-state index is 12.1. The molecular formula is C24H27N5O4. The minimum absolute atomic E-state index is 0. The quantitative estimate of drug-likeness (QED) is 0.267. The van der Waals surface area contributed by atoms with Gasteiger partial charge in [0.05, 0.1) is 12.2 Å². The minimum atomic E-state index is -0.326. The Labute approximate surface area is 192 Å². The second-order valence-corrected chi connectivity index (χ2v) is 6.63. The van der Waals surface area contributed by atoms with Gasteiger partial charge in [-0.15, -0.1) is 0 Å². The van der Waals surface area contributed by atoms with Gasteiger partial charge in [-0.25, -0.2) is 4.98 Å². The molecule has 0 aliphatic carbocycles. The molecule has 3 rings (SSSR count). The number of carbonyl (C=O) groups excluding carboxylic acids is 2. The number of ketones is 1. The number of ether oxygens (including phenoxy) is 1. The van der Waals surface area contributed by atoms with E-state index < -0.39 is 0 Å². The molecule has 0 atom stereocenters. The van der Waals surface area contributed by atoms with E-state index >= 15 is 0 Å². The van der Waals surface area contributed by atoms with Crippen molar-refractivity contribution in [2.45, 2.75) is 14.4 Å². The van der Waals surface area contributed by atoms with Crippen LogP contribution in [0.3, 0.4) is 0 Å². The largest absolute Gasteiger partial charge is 0.491 e. The summed E-state index contributed by atoms with van der Waals surface area (Å²) in [5.41, 5.74) is 2.24. The van der Waals surface area contributed by atoms with Crippen LogP contribution in [0.2, 0.25) is 0 Å². The predicted octanol–water partition coefficient (Wildman–Crippen LogP) is 4.30. The van der Waals surface area contributed by atoms with Gasteiger partial charge >= 0.3 is 0 Å².